The fourth-order valence-electron chi connectivity index (χ4n) is 2.97. The van der Waals surface area contributed by atoms with Crippen LogP contribution in [0, 0.1) is 0 Å². The van der Waals surface area contributed by atoms with E-state index in [0.29, 0.717) is 34.7 Å². The molecule has 1 aliphatic rings. The van der Waals surface area contributed by atoms with Gasteiger partial charge in [0.15, 0.2) is 0 Å². The maximum absolute atomic E-state index is 12.9. The molecule has 1 fully saturated rings. The number of rotatable bonds is 8. The summed E-state index contributed by atoms with van der Waals surface area (Å²) in [7, 11) is 1.63. The smallest absolute Gasteiger partial charge is 0.249 e. The molecule has 3 aromatic rings. The second-order valence-corrected chi connectivity index (χ2v) is 8.10. The molecule has 0 unspecified atom stereocenters. The summed E-state index contributed by atoms with van der Waals surface area (Å²) in [6.45, 7) is 0.299. The van der Waals surface area contributed by atoms with Crippen molar-refractivity contribution in [2.45, 2.75) is 30.3 Å². The van der Waals surface area contributed by atoms with Gasteiger partial charge in [0.05, 0.1) is 30.0 Å². The molecule has 0 spiro atoms. The number of nitrogens with zero attached hydrogens (tertiary/aromatic N) is 3. The molecule has 0 radical (unpaired) electrons. The first-order valence-electron chi connectivity index (χ1n) is 9.28. The molecule has 29 heavy (non-hydrogen) atoms. The highest BCUT2D eigenvalue weighted by Gasteiger charge is 2.33. The normalized spacial score (nSPS) is 13.3. The van der Waals surface area contributed by atoms with E-state index in [0.717, 1.165) is 23.5 Å². The van der Waals surface area contributed by atoms with Crippen molar-refractivity contribution in [2.24, 2.45) is 0 Å². The van der Waals surface area contributed by atoms with Gasteiger partial charge in [0.25, 0.3) is 0 Å². The van der Waals surface area contributed by atoms with Crippen LogP contribution in [0.25, 0.3) is 11.5 Å². The molecule has 1 amide bonds. The van der Waals surface area contributed by atoms with Crippen molar-refractivity contribution in [3.63, 3.8) is 0 Å². The Kier molecular flexibility index (Phi) is 6.06. The molecule has 2 aromatic carbocycles. The highest BCUT2D eigenvalue weighted by molar-refractivity contribution is 8.00. The van der Waals surface area contributed by atoms with Crippen LogP contribution in [0.15, 0.2) is 57.8 Å². The van der Waals surface area contributed by atoms with E-state index in [1.165, 1.54) is 11.8 Å². The highest BCUT2D eigenvalue weighted by Crippen LogP contribution is 2.33. The van der Waals surface area contributed by atoms with E-state index in [-0.39, 0.29) is 11.9 Å². The van der Waals surface area contributed by atoms with Crippen LogP contribution in [0.3, 0.4) is 0 Å². The maximum Gasteiger partial charge on any atom is 0.249 e. The van der Waals surface area contributed by atoms with Crippen molar-refractivity contribution in [3.05, 3.63) is 59.4 Å². The van der Waals surface area contributed by atoms with Gasteiger partial charge in [-0.2, -0.15) is 0 Å². The van der Waals surface area contributed by atoms with Crippen molar-refractivity contribution < 1.29 is 13.9 Å². The van der Waals surface area contributed by atoms with Crippen LogP contribution in [-0.2, 0) is 11.3 Å². The largest absolute Gasteiger partial charge is 0.496 e. The van der Waals surface area contributed by atoms with Crippen molar-refractivity contribution in [2.75, 3.05) is 12.9 Å². The van der Waals surface area contributed by atoms with Gasteiger partial charge in [-0.05, 0) is 37.1 Å². The van der Waals surface area contributed by atoms with Gasteiger partial charge in [0.1, 0.15) is 5.75 Å². The van der Waals surface area contributed by atoms with Crippen LogP contribution in [-0.4, -0.2) is 39.9 Å². The lowest BCUT2D eigenvalue weighted by Gasteiger charge is -2.20. The first kappa shape index (κ1) is 19.8. The second kappa shape index (κ2) is 8.88. The third-order valence-corrected chi connectivity index (χ3v) is 5.97. The third-order valence-electron chi connectivity index (χ3n) is 4.60. The van der Waals surface area contributed by atoms with Crippen molar-refractivity contribution >= 4 is 29.3 Å². The fourth-order valence-corrected chi connectivity index (χ4v) is 4.10. The topological polar surface area (TPSA) is 68.5 Å². The first-order chi connectivity index (χ1) is 14.2. The third kappa shape index (κ3) is 4.74. The molecule has 150 valence electrons. The molecule has 0 bridgehead atoms. The minimum absolute atomic E-state index is 0.0425. The summed E-state index contributed by atoms with van der Waals surface area (Å²) in [5.74, 6) is 1.90. The van der Waals surface area contributed by atoms with E-state index in [2.05, 4.69) is 10.2 Å². The lowest BCUT2D eigenvalue weighted by molar-refractivity contribution is -0.129. The van der Waals surface area contributed by atoms with E-state index in [4.69, 9.17) is 20.8 Å². The lowest BCUT2D eigenvalue weighted by Crippen LogP contribution is -2.34. The van der Waals surface area contributed by atoms with Gasteiger partial charge in [-0.3, -0.25) is 4.79 Å². The number of hydrogen-bond acceptors (Lipinski definition) is 6. The molecular formula is C21H20ClN3O3S. The zero-order chi connectivity index (χ0) is 20.2. The molecule has 0 saturated heterocycles. The van der Waals surface area contributed by atoms with Crippen LogP contribution in [0.2, 0.25) is 5.02 Å². The van der Waals surface area contributed by atoms with Gasteiger partial charge < -0.3 is 14.1 Å². The zero-order valence-corrected chi connectivity index (χ0v) is 17.4. The van der Waals surface area contributed by atoms with E-state index >= 15 is 0 Å². The molecule has 1 aliphatic carbocycles. The summed E-state index contributed by atoms with van der Waals surface area (Å²) in [6, 6.07) is 15.2. The van der Waals surface area contributed by atoms with E-state index < -0.39 is 0 Å². The number of methoxy groups -OCH3 is 1. The molecule has 1 aromatic heterocycles. The fraction of sp³-hybridized carbons (Fsp3) is 0.286. The van der Waals surface area contributed by atoms with Gasteiger partial charge in [-0.25, -0.2) is 0 Å². The number of ether oxygens (including phenoxy) is 1. The monoisotopic (exact) mass is 429 g/mol. The van der Waals surface area contributed by atoms with Crippen molar-refractivity contribution in [1.29, 1.82) is 0 Å². The Hall–Kier alpha value is -2.51. The Labute approximate surface area is 178 Å². The zero-order valence-electron chi connectivity index (χ0n) is 15.9. The Morgan fingerprint density at radius 2 is 1.97 bits per heavy atom. The van der Waals surface area contributed by atoms with E-state index in [9.17, 15) is 4.79 Å². The minimum Gasteiger partial charge on any atom is -0.496 e. The summed E-state index contributed by atoms with van der Waals surface area (Å²) < 4.78 is 11.1. The summed E-state index contributed by atoms with van der Waals surface area (Å²) in [4.78, 5) is 15.7. The standard InChI is InChI=1S/C21H20ClN3O3S/c1-27-17-8-4-5-9-18(17)29-13-20(26)25(14-10-11-14)12-19-23-24-21(28-19)15-6-2-3-7-16(15)22/h2-9,14H,10-13H2,1H3. The Bertz CT molecular complexity index is 1010. The number of carbonyl (C=O) groups is 1. The molecule has 4 rings (SSSR count). The molecule has 6 nitrogen and oxygen atoms in total. The number of aromatic nitrogens is 2. The summed E-state index contributed by atoms with van der Waals surface area (Å²) >= 11 is 7.67. The predicted molar refractivity (Wildman–Crippen MR) is 112 cm³/mol. The van der Waals surface area contributed by atoms with Crippen LogP contribution >= 0.6 is 23.4 Å². The van der Waals surface area contributed by atoms with Crippen LogP contribution < -0.4 is 4.74 Å². The molecule has 0 atom stereocenters. The number of amides is 1. The Morgan fingerprint density at radius 3 is 2.72 bits per heavy atom. The molecule has 8 heteroatoms. The predicted octanol–water partition coefficient (Wildman–Crippen LogP) is 4.68. The number of thioether (sulfide) groups is 1. The summed E-state index contributed by atoms with van der Waals surface area (Å²) in [5, 5.41) is 8.76. The van der Waals surface area contributed by atoms with Crippen LogP contribution in [0.4, 0.5) is 0 Å². The summed E-state index contributed by atoms with van der Waals surface area (Å²) in [5.41, 5.74) is 0.684. The number of para-hydroxylation sites is 1. The maximum atomic E-state index is 12.9. The number of benzene rings is 2. The number of carbonyl (C=O) groups excluding carboxylic acids is 1. The molecule has 0 N–H and O–H groups in total. The lowest BCUT2D eigenvalue weighted by atomic mass is 10.2. The Balaban J connectivity index is 1.43. The first-order valence-corrected chi connectivity index (χ1v) is 10.6. The van der Waals surface area contributed by atoms with Gasteiger partial charge >= 0.3 is 0 Å². The number of hydrogen-bond donors (Lipinski definition) is 0. The number of halogens is 1. The van der Waals surface area contributed by atoms with Gasteiger partial charge in [-0.1, -0.05) is 35.9 Å². The minimum atomic E-state index is 0.0425. The van der Waals surface area contributed by atoms with E-state index in [1.807, 2.05) is 47.4 Å². The van der Waals surface area contributed by atoms with Crippen LogP contribution in [0.5, 0.6) is 5.75 Å². The molecule has 1 saturated carbocycles. The molecular weight excluding hydrogens is 410 g/mol. The second-order valence-electron chi connectivity index (χ2n) is 6.67. The average Bonchev–Trinajstić information content (AvgIpc) is 3.48. The van der Waals surface area contributed by atoms with Gasteiger partial charge in [-0.15, -0.1) is 22.0 Å². The molecule has 0 aliphatic heterocycles. The van der Waals surface area contributed by atoms with E-state index in [1.54, 1.807) is 13.2 Å². The van der Waals surface area contributed by atoms with Gasteiger partial charge in [0.2, 0.25) is 17.7 Å². The SMILES string of the molecule is COc1ccccc1SCC(=O)N(Cc1nnc(-c2ccccc2Cl)o1)C1CC1. The van der Waals surface area contributed by atoms with Crippen LogP contribution in [0.1, 0.15) is 18.7 Å². The molecule has 1 heterocycles. The Morgan fingerprint density at radius 1 is 1.21 bits per heavy atom. The summed E-state index contributed by atoms with van der Waals surface area (Å²) in [6.07, 6.45) is 1.99. The van der Waals surface area contributed by atoms with Crippen molar-refractivity contribution in [3.8, 4) is 17.2 Å². The highest BCUT2D eigenvalue weighted by atomic mass is 35.5. The van der Waals surface area contributed by atoms with Gasteiger partial charge in [0, 0.05) is 10.9 Å². The average molecular weight is 430 g/mol. The quantitative estimate of drug-likeness (QED) is 0.484. The van der Waals surface area contributed by atoms with Crippen molar-refractivity contribution in [1.82, 2.24) is 15.1 Å².